The Morgan fingerprint density at radius 3 is 2.71 bits per heavy atom. The summed E-state index contributed by atoms with van der Waals surface area (Å²) >= 11 is 0. The van der Waals surface area contributed by atoms with Crippen LogP contribution < -0.4 is 10.1 Å². The van der Waals surface area contributed by atoms with Crippen molar-refractivity contribution in [2.24, 2.45) is 0 Å². The van der Waals surface area contributed by atoms with E-state index in [9.17, 15) is 4.39 Å². The monoisotopic (exact) mass is 287 g/mol. The van der Waals surface area contributed by atoms with Crippen LogP contribution in [-0.2, 0) is 6.61 Å². The number of nitrogens with one attached hydrogen (secondary N) is 1. The van der Waals surface area contributed by atoms with Gasteiger partial charge in [-0.15, -0.1) is 0 Å². The van der Waals surface area contributed by atoms with Gasteiger partial charge in [-0.1, -0.05) is 42.8 Å². The first-order chi connectivity index (χ1) is 10.1. The lowest BCUT2D eigenvalue weighted by Gasteiger charge is -2.18. The summed E-state index contributed by atoms with van der Waals surface area (Å²) < 4.78 is 19.3. The van der Waals surface area contributed by atoms with Crippen LogP contribution in [0.15, 0.2) is 42.5 Å². The fraction of sp³-hybridized carbons (Fsp3) is 0.333. The second kappa shape index (κ2) is 7.23. The highest BCUT2D eigenvalue weighted by atomic mass is 19.1. The molecule has 3 heteroatoms. The molecule has 2 nitrogen and oxygen atoms in total. The van der Waals surface area contributed by atoms with Crippen LogP contribution in [0, 0.1) is 12.7 Å². The molecule has 1 atom stereocenters. The minimum absolute atomic E-state index is 0.128. The zero-order valence-corrected chi connectivity index (χ0v) is 12.8. The van der Waals surface area contributed by atoms with E-state index in [0.29, 0.717) is 12.4 Å². The summed E-state index contributed by atoms with van der Waals surface area (Å²) in [5.41, 5.74) is 3.25. The third kappa shape index (κ3) is 4.30. The van der Waals surface area contributed by atoms with Gasteiger partial charge in [-0.2, -0.15) is 0 Å². The van der Waals surface area contributed by atoms with Crippen molar-refractivity contribution in [3.05, 3.63) is 65.0 Å². The van der Waals surface area contributed by atoms with E-state index < -0.39 is 0 Å². The lowest BCUT2D eigenvalue weighted by molar-refractivity contribution is 0.298. The molecule has 0 aliphatic carbocycles. The maximum absolute atomic E-state index is 13.5. The van der Waals surface area contributed by atoms with E-state index in [0.717, 1.165) is 17.7 Å². The smallest absolute Gasteiger partial charge is 0.127 e. The number of hydrogen-bond acceptors (Lipinski definition) is 2. The molecule has 2 rings (SSSR count). The van der Waals surface area contributed by atoms with E-state index in [-0.39, 0.29) is 11.9 Å². The van der Waals surface area contributed by atoms with E-state index >= 15 is 0 Å². The molecule has 1 N–H and O–H groups in total. The summed E-state index contributed by atoms with van der Waals surface area (Å²) in [7, 11) is 0. The van der Waals surface area contributed by atoms with Gasteiger partial charge >= 0.3 is 0 Å². The van der Waals surface area contributed by atoms with Crippen LogP contribution in [0.4, 0.5) is 4.39 Å². The molecule has 0 aliphatic heterocycles. The topological polar surface area (TPSA) is 21.3 Å². The van der Waals surface area contributed by atoms with Crippen LogP contribution in [0.1, 0.15) is 36.6 Å². The van der Waals surface area contributed by atoms with Gasteiger partial charge < -0.3 is 10.1 Å². The summed E-state index contributed by atoms with van der Waals surface area (Å²) in [4.78, 5) is 0. The number of hydrogen-bond donors (Lipinski definition) is 1. The Hall–Kier alpha value is -1.87. The molecule has 0 saturated carbocycles. The molecule has 0 radical (unpaired) electrons. The van der Waals surface area contributed by atoms with Crippen molar-refractivity contribution < 1.29 is 9.13 Å². The zero-order valence-electron chi connectivity index (χ0n) is 12.8. The fourth-order valence-electron chi connectivity index (χ4n) is 2.37. The molecule has 0 spiro atoms. The average Bonchev–Trinajstić information content (AvgIpc) is 2.45. The lowest BCUT2D eigenvalue weighted by Crippen LogP contribution is -2.18. The van der Waals surface area contributed by atoms with E-state index in [1.54, 1.807) is 6.07 Å². The standard InChI is InChI=1S/C18H22FNO/c1-4-20-14(3)17-9-8-16(19)11-18(17)21-12-15-7-5-6-13(2)10-15/h5-11,14,20H,4,12H2,1-3H3. The molecule has 2 aromatic carbocycles. The summed E-state index contributed by atoms with van der Waals surface area (Å²) in [6, 6.07) is 13.0. The molecule has 0 fully saturated rings. The molecule has 0 heterocycles. The van der Waals surface area contributed by atoms with Crippen LogP contribution in [0.2, 0.25) is 0 Å². The van der Waals surface area contributed by atoms with Gasteiger partial charge in [0, 0.05) is 17.7 Å². The highest BCUT2D eigenvalue weighted by Gasteiger charge is 2.12. The van der Waals surface area contributed by atoms with Gasteiger partial charge in [-0.3, -0.25) is 0 Å². The summed E-state index contributed by atoms with van der Waals surface area (Å²) in [6.45, 7) is 7.45. The first kappa shape index (κ1) is 15.5. The van der Waals surface area contributed by atoms with Crippen LogP contribution in [0.3, 0.4) is 0 Å². The molecule has 0 aromatic heterocycles. The molecule has 1 unspecified atom stereocenters. The van der Waals surface area contributed by atoms with E-state index in [1.165, 1.54) is 17.7 Å². The van der Waals surface area contributed by atoms with Crippen molar-refractivity contribution in [3.8, 4) is 5.75 Å². The molecule has 2 aromatic rings. The highest BCUT2D eigenvalue weighted by Crippen LogP contribution is 2.27. The number of aryl methyl sites for hydroxylation is 1. The second-order valence-corrected chi connectivity index (χ2v) is 5.24. The second-order valence-electron chi connectivity index (χ2n) is 5.24. The largest absolute Gasteiger partial charge is 0.488 e. The predicted molar refractivity (Wildman–Crippen MR) is 84.0 cm³/mol. The van der Waals surface area contributed by atoms with Crippen LogP contribution in [0.25, 0.3) is 0 Å². The molecular formula is C18H22FNO. The van der Waals surface area contributed by atoms with Crippen LogP contribution in [-0.4, -0.2) is 6.54 Å². The minimum atomic E-state index is -0.276. The quantitative estimate of drug-likeness (QED) is 0.851. The number of halogens is 1. The van der Waals surface area contributed by atoms with Gasteiger partial charge in [0.05, 0.1) is 0 Å². The van der Waals surface area contributed by atoms with Crippen molar-refractivity contribution in [2.45, 2.75) is 33.4 Å². The molecule has 0 saturated heterocycles. The molecule has 112 valence electrons. The van der Waals surface area contributed by atoms with Gasteiger partial charge in [0.15, 0.2) is 0 Å². The van der Waals surface area contributed by atoms with Gasteiger partial charge in [0.2, 0.25) is 0 Å². The van der Waals surface area contributed by atoms with E-state index in [1.807, 2.05) is 32.0 Å². The maximum atomic E-state index is 13.5. The number of rotatable bonds is 6. The normalized spacial score (nSPS) is 12.2. The Bertz CT molecular complexity index is 598. The first-order valence-electron chi connectivity index (χ1n) is 7.31. The molecule has 21 heavy (non-hydrogen) atoms. The van der Waals surface area contributed by atoms with Crippen LogP contribution >= 0.6 is 0 Å². The lowest BCUT2D eigenvalue weighted by atomic mass is 10.1. The SMILES string of the molecule is CCNC(C)c1ccc(F)cc1OCc1cccc(C)c1. The first-order valence-corrected chi connectivity index (χ1v) is 7.31. The predicted octanol–water partition coefficient (Wildman–Crippen LogP) is 4.38. The number of ether oxygens (including phenoxy) is 1. The maximum Gasteiger partial charge on any atom is 0.127 e. The van der Waals surface area contributed by atoms with Crippen molar-refractivity contribution in [2.75, 3.05) is 6.54 Å². The van der Waals surface area contributed by atoms with Crippen LogP contribution in [0.5, 0.6) is 5.75 Å². The summed E-state index contributed by atoms with van der Waals surface area (Å²) in [5, 5.41) is 3.33. The Balaban J connectivity index is 2.16. The molecule has 0 aliphatic rings. The number of benzene rings is 2. The Kier molecular flexibility index (Phi) is 5.34. The van der Waals surface area contributed by atoms with Crippen molar-refractivity contribution in [1.82, 2.24) is 5.32 Å². The Labute approximate surface area is 126 Å². The van der Waals surface area contributed by atoms with Gasteiger partial charge in [0.1, 0.15) is 18.2 Å². The summed E-state index contributed by atoms with van der Waals surface area (Å²) in [5.74, 6) is 0.326. The highest BCUT2D eigenvalue weighted by molar-refractivity contribution is 5.36. The Morgan fingerprint density at radius 1 is 1.19 bits per heavy atom. The van der Waals surface area contributed by atoms with Crippen molar-refractivity contribution in [3.63, 3.8) is 0 Å². The minimum Gasteiger partial charge on any atom is -0.488 e. The van der Waals surface area contributed by atoms with E-state index in [2.05, 4.69) is 18.3 Å². The fourth-order valence-corrected chi connectivity index (χ4v) is 2.37. The molecular weight excluding hydrogens is 265 g/mol. The third-order valence-corrected chi connectivity index (χ3v) is 3.43. The van der Waals surface area contributed by atoms with Gasteiger partial charge in [-0.05, 0) is 32.0 Å². The average molecular weight is 287 g/mol. The summed E-state index contributed by atoms with van der Waals surface area (Å²) in [6.07, 6.45) is 0. The molecule has 0 bridgehead atoms. The van der Waals surface area contributed by atoms with Crippen molar-refractivity contribution >= 4 is 0 Å². The van der Waals surface area contributed by atoms with E-state index in [4.69, 9.17) is 4.74 Å². The Morgan fingerprint density at radius 2 is 2.00 bits per heavy atom. The zero-order chi connectivity index (χ0) is 15.2. The van der Waals surface area contributed by atoms with Gasteiger partial charge in [-0.25, -0.2) is 4.39 Å². The van der Waals surface area contributed by atoms with Crippen molar-refractivity contribution in [1.29, 1.82) is 0 Å². The third-order valence-electron chi connectivity index (χ3n) is 3.43. The van der Waals surface area contributed by atoms with Gasteiger partial charge in [0.25, 0.3) is 0 Å². The molecule has 0 amide bonds.